The van der Waals surface area contributed by atoms with Crippen LogP contribution in [0.5, 0.6) is 0 Å². The van der Waals surface area contributed by atoms with Crippen molar-refractivity contribution in [2.45, 2.75) is 19.4 Å². The third-order valence-electron chi connectivity index (χ3n) is 4.86. The standard InChI is InChI=1S/C21H25ClN2O2/c1-16-6-2-3-7-17(16)14-21(25)23-15-20(24-10-12-26-13-11-24)18-8-4-5-9-19(18)22/h2-9,20H,10-15H2,1H3,(H,23,25)/t20-/m1/s1. The first-order valence-electron chi connectivity index (χ1n) is 9.02. The highest BCUT2D eigenvalue weighted by atomic mass is 35.5. The number of aryl methyl sites for hydroxylation is 1. The molecule has 0 bridgehead atoms. The molecule has 2 aromatic carbocycles. The first-order chi connectivity index (χ1) is 12.6. The van der Waals surface area contributed by atoms with Crippen LogP contribution in [0.4, 0.5) is 0 Å². The van der Waals surface area contributed by atoms with Gasteiger partial charge in [-0.25, -0.2) is 0 Å². The van der Waals surface area contributed by atoms with Gasteiger partial charge in [0.25, 0.3) is 0 Å². The van der Waals surface area contributed by atoms with E-state index in [4.69, 9.17) is 16.3 Å². The van der Waals surface area contributed by atoms with Gasteiger partial charge < -0.3 is 10.1 Å². The summed E-state index contributed by atoms with van der Waals surface area (Å²) in [7, 11) is 0. The summed E-state index contributed by atoms with van der Waals surface area (Å²) in [5.74, 6) is 0.0320. The number of ether oxygens (including phenoxy) is 1. The number of hydrogen-bond acceptors (Lipinski definition) is 3. The van der Waals surface area contributed by atoms with Gasteiger partial charge in [0, 0.05) is 24.7 Å². The zero-order valence-electron chi connectivity index (χ0n) is 15.1. The fourth-order valence-corrected chi connectivity index (χ4v) is 3.59. The fourth-order valence-electron chi connectivity index (χ4n) is 3.32. The third-order valence-corrected chi connectivity index (χ3v) is 5.20. The Labute approximate surface area is 160 Å². The highest BCUT2D eigenvalue weighted by Gasteiger charge is 2.24. The average molecular weight is 373 g/mol. The molecule has 0 aliphatic carbocycles. The molecule has 26 heavy (non-hydrogen) atoms. The van der Waals surface area contributed by atoms with Gasteiger partial charge in [0.2, 0.25) is 5.91 Å². The predicted molar refractivity (Wildman–Crippen MR) is 104 cm³/mol. The first kappa shape index (κ1) is 18.9. The summed E-state index contributed by atoms with van der Waals surface area (Å²) in [6.45, 7) is 5.65. The molecule has 1 amide bonds. The molecule has 138 valence electrons. The van der Waals surface area contributed by atoms with E-state index >= 15 is 0 Å². The first-order valence-corrected chi connectivity index (χ1v) is 9.40. The molecule has 1 atom stereocenters. The summed E-state index contributed by atoms with van der Waals surface area (Å²) in [5, 5.41) is 3.83. The zero-order valence-corrected chi connectivity index (χ0v) is 15.8. The van der Waals surface area contributed by atoms with Crippen molar-refractivity contribution in [1.82, 2.24) is 10.2 Å². The fraction of sp³-hybridized carbons (Fsp3) is 0.381. The van der Waals surface area contributed by atoms with E-state index in [1.165, 1.54) is 0 Å². The van der Waals surface area contributed by atoms with Crippen LogP contribution >= 0.6 is 11.6 Å². The molecule has 1 N–H and O–H groups in total. The minimum atomic E-state index is 0.0320. The number of nitrogens with one attached hydrogen (secondary N) is 1. The van der Waals surface area contributed by atoms with Crippen molar-refractivity contribution in [3.8, 4) is 0 Å². The lowest BCUT2D eigenvalue weighted by Gasteiger charge is -2.35. The van der Waals surface area contributed by atoms with Crippen LogP contribution < -0.4 is 5.32 Å². The molecule has 4 nitrogen and oxygen atoms in total. The van der Waals surface area contributed by atoms with E-state index in [0.717, 1.165) is 34.8 Å². The molecule has 1 saturated heterocycles. The highest BCUT2D eigenvalue weighted by Crippen LogP contribution is 2.27. The van der Waals surface area contributed by atoms with Crippen LogP contribution in [0.15, 0.2) is 48.5 Å². The van der Waals surface area contributed by atoms with Gasteiger partial charge in [0.15, 0.2) is 0 Å². The third kappa shape index (κ3) is 4.85. The largest absolute Gasteiger partial charge is 0.379 e. The van der Waals surface area contributed by atoms with Gasteiger partial charge in [-0.15, -0.1) is 0 Å². The Bertz CT molecular complexity index is 744. The van der Waals surface area contributed by atoms with Crippen LogP contribution in [0.25, 0.3) is 0 Å². The molecule has 5 heteroatoms. The molecule has 2 aromatic rings. The zero-order chi connectivity index (χ0) is 18.4. The van der Waals surface area contributed by atoms with Crippen LogP contribution in [0.1, 0.15) is 22.7 Å². The van der Waals surface area contributed by atoms with E-state index in [9.17, 15) is 4.79 Å². The van der Waals surface area contributed by atoms with Crippen LogP contribution in [0.3, 0.4) is 0 Å². The summed E-state index contributed by atoms with van der Waals surface area (Å²) in [6.07, 6.45) is 0.394. The number of nitrogens with zero attached hydrogens (tertiary/aromatic N) is 1. The summed E-state index contributed by atoms with van der Waals surface area (Å²) in [6, 6.07) is 15.9. The lowest BCUT2D eigenvalue weighted by Crippen LogP contribution is -2.44. The van der Waals surface area contributed by atoms with Crippen LogP contribution in [0, 0.1) is 6.92 Å². The van der Waals surface area contributed by atoms with Crippen LogP contribution in [-0.2, 0) is 16.0 Å². The van der Waals surface area contributed by atoms with Crippen LogP contribution in [0.2, 0.25) is 5.02 Å². The second-order valence-electron chi connectivity index (χ2n) is 6.59. The number of carbonyl (C=O) groups is 1. The molecule has 0 radical (unpaired) electrons. The van der Waals surface area contributed by atoms with E-state index < -0.39 is 0 Å². The Hall–Kier alpha value is -1.88. The Morgan fingerprint density at radius 1 is 1.15 bits per heavy atom. The molecular weight excluding hydrogens is 348 g/mol. The Morgan fingerprint density at radius 2 is 1.85 bits per heavy atom. The number of morpholine rings is 1. The van der Waals surface area contributed by atoms with E-state index in [1.807, 2.05) is 55.5 Å². The molecule has 0 saturated carbocycles. The molecule has 1 fully saturated rings. The van der Waals surface area contributed by atoms with Crippen molar-refractivity contribution in [1.29, 1.82) is 0 Å². The predicted octanol–water partition coefficient (Wildman–Crippen LogP) is 3.38. The van der Waals surface area contributed by atoms with E-state index in [0.29, 0.717) is 26.2 Å². The number of hydrogen-bond donors (Lipinski definition) is 1. The minimum Gasteiger partial charge on any atom is -0.379 e. The molecule has 1 aliphatic heterocycles. The smallest absolute Gasteiger partial charge is 0.224 e. The maximum Gasteiger partial charge on any atom is 0.224 e. The lowest BCUT2D eigenvalue weighted by atomic mass is 10.0. The van der Waals surface area contributed by atoms with Gasteiger partial charge in [-0.05, 0) is 29.7 Å². The molecule has 0 spiro atoms. The van der Waals surface area contributed by atoms with Crippen molar-refractivity contribution >= 4 is 17.5 Å². The van der Waals surface area contributed by atoms with Crippen LogP contribution in [-0.4, -0.2) is 43.7 Å². The minimum absolute atomic E-state index is 0.0320. The molecule has 0 aromatic heterocycles. The van der Waals surface area contributed by atoms with Crippen molar-refractivity contribution in [3.63, 3.8) is 0 Å². The number of halogens is 1. The lowest BCUT2D eigenvalue weighted by molar-refractivity contribution is -0.120. The van der Waals surface area contributed by atoms with Gasteiger partial charge in [-0.2, -0.15) is 0 Å². The van der Waals surface area contributed by atoms with Crippen molar-refractivity contribution in [2.75, 3.05) is 32.8 Å². The van der Waals surface area contributed by atoms with Gasteiger partial charge >= 0.3 is 0 Å². The topological polar surface area (TPSA) is 41.6 Å². The monoisotopic (exact) mass is 372 g/mol. The molecule has 0 unspecified atom stereocenters. The average Bonchev–Trinajstić information content (AvgIpc) is 2.66. The normalized spacial score (nSPS) is 16.2. The molecule has 3 rings (SSSR count). The Kier molecular flexibility index (Phi) is 6.67. The van der Waals surface area contributed by atoms with Gasteiger partial charge in [0.05, 0.1) is 25.7 Å². The Balaban J connectivity index is 1.68. The van der Waals surface area contributed by atoms with Gasteiger partial charge in [-0.3, -0.25) is 9.69 Å². The second-order valence-corrected chi connectivity index (χ2v) is 7.00. The molecule has 1 heterocycles. The quantitative estimate of drug-likeness (QED) is 0.845. The van der Waals surface area contributed by atoms with Crippen molar-refractivity contribution in [2.24, 2.45) is 0 Å². The second kappa shape index (κ2) is 9.17. The summed E-state index contributed by atoms with van der Waals surface area (Å²) < 4.78 is 5.47. The maximum absolute atomic E-state index is 12.5. The molecular formula is C21H25ClN2O2. The number of amides is 1. The van der Waals surface area contributed by atoms with Crippen molar-refractivity contribution in [3.05, 3.63) is 70.2 Å². The van der Waals surface area contributed by atoms with E-state index in [2.05, 4.69) is 10.2 Å². The summed E-state index contributed by atoms with van der Waals surface area (Å²) in [4.78, 5) is 14.8. The highest BCUT2D eigenvalue weighted by molar-refractivity contribution is 6.31. The van der Waals surface area contributed by atoms with Crippen molar-refractivity contribution < 1.29 is 9.53 Å². The van der Waals surface area contributed by atoms with E-state index in [1.54, 1.807) is 0 Å². The SMILES string of the molecule is Cc1ccccc1CC(=O)NC[C@H](c1ccccc1Cl)N1CCOCC1. The van der Waals surface area contributed by atoms with E-state index in [-0.39, 0.29) is 11.9 Å². The molecule has 1 aliphatic rings. The number of carbonyl (C=O) groups excluding carboxylic acids is 1. The summed E-state index contributed by atoms with van der Waals surface area (Å²) >= 11 is 6.43. The number of benzene rings is 2. The maximum atomic E-state index is 12.5. The van der Waals surface area contributed by atoms with Gasteiger partial charge in [-0.1, -0.05) is 54.1 Å². The summed E-state index contributed by atoms with van der Waals surface area (Å²) in [5.41, 5.74) is 3.25. The number of rotatable bonds is 6. The van der Waals surface area contributed by atoms with Gasteiger partial charge in [0.1, 0.15) is 0 Å². The Morgan fingerprint density at radius 3 is 2.58 bits per heavy atom.